The number of hydrogen-bond acceptors (Lipinski definition) is 4. The van der Waals surface area contributed by atoms with E-state index in [1.54, 1.807) is 0 Å². The average Bonchev–Trinajstić information content (AvgIpc) is 3.41. The molecule has 3 aliphatic rings. The minimum Gasteiger partial charge on any atom is -0.354 e. The summed E-state index contributed by atoms with van der Waals surface area (Å²) in [5, 5.41) is 10.6. The Bertz CT molecular complexity index is 983. The Balaban J connectivity index is 1.41. The van der Waals surface area contributed by atoms with E-state index in [4.69, 9.17) is 0 Å². The second kappa shape index (κ2) is 6.69. The molecule has 0 unspecified atom stereocenters. The van der Waals surface area contributed by atoms with E-state index < -0.39 is 5.54 Å². The lowest BCUT2D eigenvalue weighted by atomic mass is 9.78. The maximum atomic E-state index is 13.3. The van der Waals surface area contributed by atoms with Crippen molar-refractivity contribution in [1.82, 2.24) is 20.0 Å². The second-order valence-corrected chi connectivity index (χ2v) is 8.49. The van der Waals surface area contributed by atoms with Gasteiger partial charge in [-0.25, -0.2) is 0 Å². The highest BCUT2D eigenvalue weighted by molar-refractivity contribution is 6.09. The summed E-state index contributed by atoms with van der Waals surface area (Å²) in [5.74, 6) is -0.466. The van der Waals surface area contributed by atoms with Gasteiger partial charge in [-0.15, -0.1) is 0 Å². The van der Waals surface area contributed by atoms with Crippen molar-refractivity contribution in [3.63, 3.8) is 0 Å². The molecule has 2 amide bonds. The molecule has 7 nitrogen and oxygen atoms in total. The third-order valence-corrected chi connectivity index (χ3v) is 6.82. The number of carbonyl (C=O) groups is 2. The highest BCUT2D eigenvalue weighted by Gasteiger charge is 2.65. The summed E-state index contributed by atoms with van der Waals surface area (Å²) in [7, 11) is 0. The highest BCUT2D eigenvalue weighted by atomic mass is 16.2. The van der Waals surface area contributed by atoms with E-state index in [9.17, 15) is 9.59 Å². The van der Waals surface area contributed by atoms with Gasteiger partial charge < -0.3 is 10.6 Å². The zero-order valence-electron chi connectivity index (χ0n) is 16.9. The average molecular weight is 393 g/mol. The summed E-state index contributed by atoms with van der Waals surface area (Å²) in [6, 6.07) is 10.1. The first-order valence-electron chi connectivity index (χ1n) is 10.5. The van der Waals surface area contributed by atoms with Crippen molar-refractivity contribution >= 4 is 17.5 Å². The van der Waals surface area contributed by atoms with Gasteiger partial charge in [-0.2, -0.15) is 5.10 Å². The topological polar surface area (TPSA) is 79.3 Å². The van der Waals surface area contributed by atoms with E-state index in [1.807, 2.05) is 48.9 Å². The Morgan fingerprint density at radius 3 is 2.97 bits per heavy atom. The minimum absolute atomic E-state index is 0.0345. The summed E-state index contributed by atoms with van der Waals surface area (Å²) in [5.41, 5.74) is 2.97. The van der Waals surface area contributed by atoms with Crippen LogP contribution in [0.5, 0.6) is 0 Å². The van der Waals surface area contributed by atoms with Crippen molar-refractivity contribution in [2.45, 2.75) is 51.2 Å². The van der Waals surface area contributed by atoms with Crippen LogP contribution in [-0.4, -0.2) is 45.6 Å². The Hall–Kier alpha value is -2.67. The van der Waals surface area contributed by atoms with Crippen molar-refractivity contribution in [3.8, 4) is 0 Å². The van der Waals surface area contributed by atoms with Gasteiger partial charge >= 0.3 is 0 Å². The molecule has 1 aromatic heterocycles. The largest absolute Gasteiger partial charge is 0.354 e. The molecule has 1 aromatic carbocycles. The predicted octanol–water partition coefficient (Wildman–Crippen LogP) is 1.95. The first-order valence-corrected chi connectivity index (χ1v) is 10.5. The molecule has 3 atom stereocenters. The van der Waals surface area contributed by atoms with Crippen LogP contribution >= 0.6 is 0 Å². The maximum absolute atomic E-state index is 13.3. The molecule has 2 aromatic rings. The number of aromatic nitrogens is 2. The quantitative estimate of drug-likeness (QED) is 0.832. The Kier molecular flexibility index (Phi) is 4.24. The number of aryl methyl sites for hydroxylation is 2. The van der Waals surface area contributed by atoms with Crippen LogP contribution < -0.4 is 10.6 Å². The van der Waals surface area contributed by atoms with E-state index in [2.05, 4.69) is 20.6 Å². The van der Waals surface area contributed by atoms with Gasteiger partial charge in [0.25, 0.3) is 0 Å². The van der Waals surface area contributed by atoms with Gasteiger partial charge in [0.15, 0.2) is 0 Å². The normalized spacial score (nSPS) is 27.9. The fraction of sp³-hybridized carbons (Fsp3) is 0.500. The van der Waals surface area contributed by atoms with Crippen LogP contribution in [0.3, 0.4) is 0 Å². The van der Waals surface area contributed by atoms with Crippen LogP contribution in [0.1, 0.15) is 36.2 Å². The van der Waals surface area contributed by atoms with E-state index in [0.29, 0.717) is 19.1 Å². The summed E-state index contributed by atoms with van der Waals surface area (Å²) >= 11 is 0. The van der Waals surface area contributed by atoms with E-state index in [1.165, 1.54) is 0 Å². The van der Waals surface area contributed by atoms with Gasteiger partial charge in [0.1, 0.15) is 5.54 Å². The number of nitrogens with one attached hydrogen (secondary N) is 2. The molecular formula is C22H27N5O2. The van der Waals surface area contributed by atoms with E-state index in [-0.39, 0.29) is 17.7 Å². The van der Waals surface area contributed by atoms with Gasteiger partial charge in [0, 0.05) is 29.5 Å². The van der Waals surface area contributed by atoms with Crippen molar-refractivity contribution in [1.29, 1.82) is 0 Å². The van der Waals surface area contributed by atoms with Crippen LogP contribution in [-0.2, 0) is 21.7 Å². The Morgan fingerprint density at radius 1 is 1.34 bits per heavy atom. The molecular weight excluding hydrogens is 366 g/mol. The first-order chi connectivity index (χ1) is 14.0. The number of benzene rings is 1. The molecule has 2 N–H and O–H groups in total. The van der Waals surface area contributed by atoms with Crippen LogP contribution in [0.15, 0.2) is 30.3 Å². The lowest BCUT2D eigenvalue weighted by Gasteiger charge is -2.36. The van der Waals surface area contributed by atoms with Crippen LogP contribution in [0, 0.1) is 19.8 Å². The molecule has 1 spiro atoms. The summed E-state index contributed by atoms with van der Waals surface area (Å²) in [6.07, 6.45) is 2.86. The number of hydrogen-bond donors (Lipinski definition) is 2. The molecule has 0 bridgehead atoms. The molecule has 152 valence electrons. The molecule has 3 aliphatic heterocycles. The maximum Gasteiger partial charge on any atom is 0.250 e. The van der Waals surface area contributed by atoms with Crippen LogP contribution in [0.4, 0.5) is 5.69 Å². The molecule has 5 rings (SSSR count). The molecule has 2 saturated heterocycles. The van der Waals surface area contributed by atoms with Gasteiger partial charge in [-0.3, -0.25) is 19.2 Å². The fourth-order valence-corrected chi connectivity index (χ4v) is 5.69. The van der Waals surface area contributed by atoms with Crippen molar-refractivity contribution < 1.29 is 9.59 Å². The molecule has 0 radical (unpaired) electrons. The smallest absolute Gasteiger partial charge is 0.250 e. The third kappa shape index (κ3) is 2.64. The van der Waals surface area contributed by atoms with Crippen LogP contribution in [0.2, 0.25) is 0 Å². The monoisotopic (exact) mass is 393 g/mol. The molecule has 0 aliphatic carbocycles. The zero-order chi connectivity index (χ0) is 20.2. The van der Waals surface area contributed by atoms with Crippen molar-refractivity contribution in [2.75, 3.05) is 18.4 Å². The predicted molar refractivity (Wildman–Crippen MR) is 109 cm³/mol. The molecule has 29 heavy (non-hydrogen) atoms. The van der Waals surface area contributed by atoms with Gasteiger partial charge in [0.2, 0.25) is 11.8 Å². The molecule has 4 heterocycles. The minimum atomic E-state index is -0.875. The summed E-state index contributed by atoms with van der Waals surface area (Å²) in [6.45, 7) is 5.97. The van der Waals surface area contributed by atoms with E-state index in [0.717, 1.165) is 48.4 Å². The van der Waals surface area contributed by atoms with Crippen molar-refractivity contribution in [2.24, 2.45) is 5.92 Å². The number of anilines is 1. The number of carbonyl (C=O) groups excluding carboxylic acids is 2. The fourth-order valence-electron chi connectivity index (χ4n) is 5.69. The number of rotatable bonds is 4. The first kappa shape index (κ1) is 18.4. The van der Waals surface area contributed by atoms with Gasteiger partial charge in [-0.1, -0.05) is 18.2 Å². The Morgan fingerprint density at radius 2 is 2.17 bits per heavy atom. The third-order valence-electron chi connectivity index (χ3n) is 6.82. The number of nitrogens with zero attached hydrogens (tertiary/aromatic N) is 3. The lowest BCUT2D eigenvalue weighted by Crippen LogP contribution is -2.54. The van der Waals surface area contributed by atoms with E-state index >= 15 is 0 Å². The molecule has 2 fully saturated rings. The number of para-hydroxylation sites is 1. The van der Waals surface area contributed by atoms with Crippen molar-refractivity contribution in [3.05, 3.63) is 47.3 Å². The standard InChI is InChI=1S/C22H27N5O2/c1-14-12-15(2)27(25-14)11-9-23-20(28)18-13-16-6-5-10-26(16)22(18)17-7-3-4-8-19(17)24-21(22)29/h3-4,7-8,12,16,18H,5-6,9-11,13H2,1-2H3,(H,23,28)(H,24,29)/t16-,18-,22+/m1/s1. The number of fused-ring (bicyclic) bond motifs is 4. The summed E-state index contributed by atoms with van der Waals surface area (Å²) < 4.78 is 1.91. The second-order valence-electron chi connectivity index (χ2n) is 8.49. The summed E-state index contributed by atoms with van der Waals surface area (Å²) in [4.78, 5) is 28.9. The van der Waals surface area contributed by atoms with Gasteiger partial charge in [0.05, 0.1) is 18.2 Å². The molecule has 7 heteroatoms. The van der Waals surface area contributed by atoms with Gasteiger partial charge in [-0.05, 0) is 51.8 Å². The molecule has 0 saturated carbocycles. The SMILES string of the molecule is Cc1cc(C)n(CCNC(=O)[C@H]2C[C@H]3CCCN3[C@]23C(=O)Nc2ccccc23)n1. The lowest BCUT2D eigenvalue weighted by molar-refractivity contribution is -0.137. The number of amides is 2. The van der Waals surface area contributed by atoms with Crippen LogP contribution in [0.25, 0.3) is 0 Å². The Labute approximate surface area is 170 Å². The highest BCUT2D eigenvalue weighted by Crippen LogP contribution is 2.55. The zero-order valence-corrected chi connectivity index (χ0v) is 16.9.